The van der Waals surface area contributed by atoms with Crippen LogP contribution in [0.25, 0.3) is 0 Å². The summed E-state index contributed by atoms with van der Waals surface area (Å²) in [4.78, 5) is 30.0. The van der Waals surface area contributed by atoms with Crippen LogP contribution < -0.4 is 27.7 Å². The molecule has 33 heavy (non-hydrogen) atoms. The fourth-order valence-electron chi connectivity index (χ4n) is 3.82. The SMILES string of the molecule is Nc1nc(NCCCCCCCCCCCNC(=O)CCCCC2CCSS2)[nH]c(=O)c1N. The molecule has 1 aliphatic heterocycles. The highest BCUT2D eigenvalue weighted by atomic mass is 33.1. The summed E-state index contributed by atoms with van der Waals surface area (Å²) >= 11 is 0. The number of rotatable bonds is 18. The molecular weight excluding hydrogens is 456 g/mol. The number of anilines is 3. The van der Waals surface area contributed by atoms with E-state index in [1.54, 1.807) is 0 Å². The van der Waals surface area contributed by atoms with Crippen LogP contribution >= 0.6 is 21.6 Å². The van der Waals surface area contributed by atoms with E-state index < -0.39 is 5.56 Å². The molecule has 0 aliphatic carbocycles. The zero-order chi connectivity index (χ0) is 23.7. The van der Waals surface area contributed by atoms with Gasteiger partial charge in [-0.3, -0.25) is 14.6 Å². The number of nitrogens with one attached hydrogen (secondary N) is 3. The van der Waals surface area contributed by atoms with Gasteiger partial charge in [0.25, 0.3) is 5.56 Å². The summed E-state index contributed by atoms with van der Waals surface area (Å²) in [7, 11) is 4.02. The number of nitrogen functional groups attached to an aromatic ring is 2. The van der Waals surface area contributed by atoms with Gasteiger partial charge in [-0.05, 0) is 32.1 Å². The van der Waals surface area contributed by atoms with Crippen molar-refractivity contribution in [1.82, 2.24) is 15.3 Å². The van der Waals surface area contributed by atoms with Crippen LogP contribution in [0.4, 0.5) is 17.5 Å². The largest absolute Gasteiger partial charge is 0.391 e. The summed E-state index contributed by atoms with van der Waals surface area (Å²) in [6.07, 6.45) is 16.2. The van der Waals surface area contributed by atoms with Crippen LogP contribution in [0.15, 0.2) is 4.79 Å². The number of amides is 1. The molecule has 188 valence electrons. The molecule has 8 nitrogen and oxygen atoms in total. The normalized spacial score (nSPS) is 15.6. The van der Waals surface area contributed by atoms with Gasteiger partial charge in [0.1, 0.15) is 5.69 Å². The molecule has 0 spiro atoms. The lowest BCUT2D eigenvalue weighted by Crippen LogP contribution is -2.24. The molecule has 1 amide bonds. The molecule has 1 aromatic rings. The van der Waals surface area contributed by atoms with Gasteiger partial charge >= 0.3 is 0 Å². The molecule has 2 heterocycles. The number of unbranched alkanes of at least 4 members (excludes halogenated alkanes) is 9. The van der Waals surface area contributed by atoms with Crippen molar-refractivity contribution in [2.24, 2.45) is 0 Å². The second-order valence-electron chi connectivity index (χ2n) is 8.75. The first-order valence-electron chi connectivity index (χ1n) is 12.5. The van der Waals surface area contributed by atoms with Crippen molar-refractivity contribution in [2.45, 2.75) is 95.1 Å². The Kier molecular flexibility index (Phi) is 14.2. The second kappa shape index (κ2) is 17.0. The van der Waals surface area contributed by atoms with Gasteiger partial charge < -0.3 is 22.1 Å². The molecule has 2 rings (SSSR count). The summed E-state index contributed by atoms with van der Waals surface area (Å²) < 4.78 is 0. The van der Waals surface area contributed by atoms with Crippen LogP contribution in [0.1, 0.15) is 89.9 Å². The number of nitrogens with two attached hydrogens (primary N) is 2. The van der Waals surface area contributed by atoms with Crippen molar-refractivity contribution in [3.63, 3.8) is 0 Å². The van der Waals surface area contributed by atoms with Gasteiger partial charge in [-0.15, -0.1) is 0 Å². The number of hydrogen-bond acceptors (Lipinski definition) is 8. The first-order valence-corrected chi connectivity index (χ1v) is 14.9. The zero-order valence-electron chi connectivity index (χ0n) is 19.8. The molecule has 1 atom stereocenters. The molecule has 0 radical (unpaired) electrons. The quantitative estimate of drug-likeness (QED) is 0.145. The highest BCUT2D eigenvalue weighted by Crippen LogP contribution is 2.39. The van der Waals surface area contributed by atoms with E-state index in [2.05, 4.69) is 20.6 Å². The van der Waals surface area contributed by atoms with Gasteiger partial charge in [-0.25, -0.2) is 0 Å². The maximum absolute atomic E-state index is 11.9. The molecule has 1 unspecified atom stereocenters. The number of nitrogens with zero attached hydrogens (tertiary/aromatic N) is 1. The minimum Gasteiger partial charge on any atom is -0.391 e. The van der Waals surface area contributed by atoms with Gasteiger partial charge in [0.2, 0.25) is 11.9 Å². The van der Waals surface area contributed by atoms with Gasteiger partial charge in [-0.1, -0.05) is 73.0 Å². The Morgan fingerprint density at radius 1 is 0.970 bits per heavy atom. The molecule has 1 saturated heterocycles. The molecule has 1 fully saturated rings. The van der Waals surface area contributed by atoms with Crippen LogP contribution in [0.2, 0.25) is 0 Å². The van der Waals surface area contributed by atoms with E-state index in [1.807, 2.05) is 21.6 Å². The average Bonchev–Trinajstić information content (AvgIpc) is 3.31. The molecular formula is C23H42N6O2S2. The predicted molar refractivity (Wildman–Crippen MR) is 144 cm³/mol. The van der Waals surface area contributed by atoms with Crippen molar-refractivity contribution in [3.05, 3.63) is 10.4 Å². The van der Waals surface area contributed by atoms with E-state index >= 15 is 0 Å². The van der Waals surface area contributed by atoms with Crippen LogP contribution in [0.5, 0.6) is 0 Å². The minimum absolute atomic E-state index is 0.0379. The molecule has 0 aromatic carbocycles. The Morgan fingerprint density at radius 2 is 1.64 bits per heavy atom. The molecule has 1 aromatic heterocycles. The monoisotopic (exact) mass is 498 g/mol. The van der Waals surface area contributed by atoms with Crippen molar-refractivity contribution in [1.29, 1.82) is 0 Å². The summed E-state index contributed by atoms with van der Waals surface area (Å²) in [6, 6.07) is 0. The van der Waals surface area contributed by atoms with E-state index in [0.29, 0.717) is 12.4 Å². The van der Waals surface area contributed by atoms with Crippen molar-refractivity contribution < 1.29 is 4.79 Å². The smallest absolute Gasteiger partial charge is 0.277 e. The summed E-state index contributed by atoms with van der Waals surface area (Å²) in [5, 5.41) is 6.98. The number of hydrogen-bond donors (Lipinski definition) is 5. The first-order chi connectivity index (χ1) is 16.1. The standard InChI is InChI=1S/C23H42N6O2S2/c24-20-21(25)28-23(29-22(20)31)27-16-11-7-5-3-1-2-4-6-10-15-26-19(30)13-9-8-12-18-14-17-32-33-18/h18H,1-17,24H2,(H,26,30)(H4,25,27,28,29,31). The topological polar surface area (TPSA) is 139 Å². The first kappa shape index (κ1) is 27.7. The molecule has 1 aliphatic rings. The van der Waals surface area contributed by atoms with Crippen LogP contribution in [-0.2, 0) is 4.79 Å². The third kappa shape index (κ3) is 12.5. The van der Waals surface area contributed by atoms with Crippen LogP contribution in [0.3, 0.4) is 0 Å². The fraction of sp³-hybridized carbons (Fsp3) is 0.783. The highest BCUT2D eigenvalue weighted by Gasteiger charge is 2.15. The number of aromatic amines is 1. The Bertz CT molecular complexity index is 740. The Hall–Kier alpha value is -1.55. The molecule has 7 N–H and O–H groups in total. The van der Waals surface area contributed by atoms with E-state index in [9.17, 15) is 9.59 Å². The number of carbonyl (C=O) groups excluding carboxylic acids is 1. The Labute approximate surface area is 206 Å². The van der Waals surface area contributed by atoms with Gasteiger partial charge in [0.05, 0.1) is 0 Å². The lowest BCUT2D eigenvalue weighted by molar-refractivity contribution is -0.121. The number of H-pyrrole nitrogens is 1. The van der Waals surface area contributed by atoms with E-state index in [4.69, 9.17) is 11.5 Å². The summed E-state index contributed by atoms with van der Waals surface area (Å²) in [6.45, 7) is 1.57. The van der Waals surface area contributed by atoms with Crippen molar-refractivity contribution in [2.75, 3.05) is 35.6 Å². The average molecular weight is 499 g/mol. The van der Waals surface area contributed by atoms with Crippen LogP contribution in [0, 0.1) is 0 Å². The maximum atomic E-state index is 11.9. The third-order valence-corrected chi connectivity index (χ3v) is 8.87. The van der Waals surface area contributed by atoms with Gasteiger partial charge in [0, 0.05) is 30.5 Å². The summed E-state index contributed by atoms with van der Waals surface area (Å²) in [5.41, 5.74) is 10.6. The van der Waals surface area contributed by atoms with E-state index in [1.165, 1.54) is 63.5 Å². The Morgan fingerprint density at radius 3 is 2.27 bits per heavy atom. The molecule has 10 heteroatoms. The van der Waals surface area contributed by atoms with Crippen molar-refractivity contribution >= 4 is 44.9 Å². The lowest BCUT2D eigenvalue weighted by atomic mass is 10.1. The maximum Gasteiger partial charge on any atom is 0.277 e. The molecule has 0 bridgehead atoms. The summed E-state index contributed by atoms with van der Waals surface area (Å²) in [5.74, 6) is 1.95. The predicted octanol–water partition coefficient (Wildman–Crippen LogP) is 4.69. The fourth-order valence-corrected chi connectivity index (χ4v) is 6.84. The number of carbonyl (C=O) groups is 1. The van der Waals surface area contributed by atoms with Gasteiger partial charge in [0.15, 0.2) is 5.82 Å². The highest BCUT2D eigenvalue weighted by molar-refractivity contribution is 8.77. The molecule has 0 saturated carbocycles. The third-order valence-electron chi connectivity index (χ3n) is 5.86. The van der Waals surface area contributed by atoms with Gasteiger partial charge in [-0.2, -0.15) is 4.98 Å². The van der Waals surface area contributed by atoms with Crippen molar-refractivity contribution in [3.8, 4) is 0 Å². The Balaban J connectivity index is 1.30. The second-order valence-corrected chi connectivity index (χ2v) is 11.5. The van der Waals surface area contributed by atoms with E-state index in [0.717, 1.165) is 44.0 Å². The minimum atomic E-state index is -0.407. The lowest BCUT2D eigenvalue weighted by Gasteiger charge is -2.08. The number of aromatic nitrogens is 2. The zero-order valence-corrected chi connectivity index (χ0v) is 21.5. The van der Waals surface area contributed by atoms with Crippen LogP contribution in [-0.4, -0.2) is 40.0 Å². The van der Waals surface area contributed by atoms with E-state index in [-0.39, 0.29) is 17.4 Å².